The molecule has 24 heavy (non-hydrogen) atoms. The zero-order valence-corrected chi connectivity index (χ0v) is 14.2. The van der Waals surface area contributed by atoms with Crippen molar-refractivity contribution in [2.24, 2.45) is 0 Å². The van der Waals surface area contributed by atoms with E-state index in [1.54, 1.807) is 41.1 Å². The SMILES string of the molecule is C=CC(=O)N(C)c1ccc(C(=O)N2CCCN(CC)C(=O)C2)cc1. The Labute approximate surface area is 142 Å². The molecule has 1 aromatic carbocycles. The molecular formula is C18H23N3O3. The van der Waals surface area contributed by atoms with Crippen LogP contribution in [0.15, 0.2) is 36.9 Å². The zero-order valence-electron chi connectivity index (χ0n) is 14.2. The maximum absolute atomic E-state index is 12.6. The van der Waals surface area contributed by atoms with Crippen molar-refractivity contribution in [3.05, 3.63) is 42.5 Å². The maximum Gasteiger partial charge on any atom is 0.254 e. The fraction of sp³-hybridized carbons (Fsp3) is 0.389. The van der Waals surface area contributed by atoms with Crippen molar-refractivity contribution in [2.75, 3.05) is 38.1 Å². The van der Waals surface area contributed by atoms with Crippen LogP contribution in [0.3, 0.4) is 0 Å². The van der Waals surface area contributed by atoms with Gasteiger partial charge in [-0.25, -0.2) is 0 Å². The molecule has 0 saturated carbocycles. The summed E-state index contributed by atoms with van der Waals surface area (Å²) in [5.41, 5.74) is 1.19. The summed E-state index contributed by atoms with van der Waals surface area (Å²) in [4.78, 5) is 41.2. The fourth-order valence-electron chi connectivity index (χ4n) is 2.70. The number of carbonyl (C=O) groups excluding carboxylic acids is 3. The fourth-order valence-corrected chi connectivity index (χ4v) is 2.70. The molecule has 6 nitrogen and oxygen atoms in total. The first-order chi connectivity index (χ1) is 11.5. The molecule has 1 aliphatic heterocycles. The highest BCUT2D eigenvalue weighted by atomic mass is 16.2. The molecule has 1 aromatic rings. The van der Waals surface area contributed by atoms with Crippen molar-refractivity contribution < 1.29 is 14.4 Å². The van der Waals surface area contributed by atoms with Gasteiger partial charge in [0.25, 0.3) is 5.91 Å². The molecule has 0 atom stereocenters. The topological polar surface area (TPSA) is 60.9 Å². The molecule has 1 heterocycles. The summed E-state index contributed by atoms with van der Waals surface area (Å²) in [5.74, 6) is -0.395. The summed E-state index contributed by atoms with van der Waals surface area (Å²) in [6, 6.07) is 6.79. The highest BCUT2D eigenvalue weighted by molar-refractivity contribution is 6.01. The number of carbonyl (C=O) groups is 3. The summed E-state index contributed by atoms with van der Waals surface area (Å²) >= 11 is 0. The summed E-state index contributed by atoms with van der Waals surface area (Å²) in [6.07, 6.45) is 2.02. The van der Waals surface area contributed by atoms with Crippen molar-refractivity contribution in [2.45, 2.75) is 13.3 Å². The van der Waals surface area contributed by atoms with E-state index in [0.29, 0.717) is 30.9 Å². The van der Waals surface area contributed by atoms with Crippen molar-refractivity contribution in [1.82, 2.24) is 9.80 Å². The van der Waals surface area contributed by atoms with E-state index in [-0.39, 0.29) is 24.3 Å². The second kappa shape index (κ2) is 7.77. The van der Waals surface area contributed by atoms with E-state index in [4.69, 9.17) is 0 Å². The summed E-state index contributed by atoms with van der Waals surface area (Å²) in [6.45, 7) is 7.43. The Balaban J connectivity index is 2.11. The van der Waals surface area contributed by atoms with Crippen LogP contribution >= 0.6 is 0 Å². The number of likely N-dealkylation sites (N-methyl/N-ethyl adjacent to an activating group) is 2. The molecule has 0 aliphatic carbocycles. The smallest absolute Gasteiger partial charge is 0.254 e. The maximum atomic E-state index is 12.6. The van der Waals surface area contributed by atoms with E-state index < -0.39 is 0 Å². The summed E-state index contributed by atoms with van der Waals surface area (Å²) in [5, 5.41) is 0. The second-order valence-electron chi connectivity index (χ2n) is 5.70. The highest BCUT2D eigenvalue weighted by Crippen LogP contribution is 2.16. The summed E-state index contributed by atoms with van der Waals surface area (Å²) < 4.78 is 0. The van der Waals surface area contributed by atoms with Gasteiger partial charge in [-0.05, 0) is 43.7 Å². The molecule has 1 saturated heterocycles. The van der Waals surface area contributed by atoms with Crippen LogP contribution in [-0.4, -0.2) is 60.7 Å². The Bertz CT molecular complexity index is 639. The largest absolute Gasteiger partial charge is 0.341 e. The average Bonchev–Trinajstić information content (AvgIpc) is 2.81. The van der Waals surface area contributed by atoms with Gasteiger partial charge in [-0.15, -0.1) is 0 Å². The minimum absolute atomic E-state index is 0.0173. The first kappa shape index (κ1) is 17.7. The van der Waals surface area contributed by atoms with Crippen LogP contribution in [0.5, 0.6) is 0 Å². The van der Waals surface area contributed by atoms with Gasteiger partial charge >= 0.3 is 0 Å². The molecule has 0 unspecified atom stereocenters. The van der Waals surface area contributed by atoms with Gasteiger partial charge in [0, 0.05) is 37.9 Å². The Hall–Kier alpha value is -2.63. The van der Waals surface area contributed by atoms with Gasteiger partial charge in [0.05, 0.1) is 0 Å². The van der Waals surface area contributed by atoms with Gasteiger partial charge < -0.3 is 14.7 Å². The van der Waals surface area contributed by atoms with Crippen LogP contribution in [0.4, 0.5) is 5.69 Å². The van der Waals surface area contributed by atoms with Crippen molar-refractivity contribution >= 4 is 23.4 Å². The quantitative estimate of drug-likeness (QED) is 0.787. The lowest BCUT2D eigenvalue weighted by Gasteiger charge is -2.21. The Kier molecular flexibility index (Phi) is 5.73. The molecule has 2 rings (SSSR count). The van der Waals surface area contributed by atoms with E-state index in [0.717, 1.165) is 6.42 Å². The third kappa shape index (κ3) is 3.82. The van der Waals surface area contributed by atoms with E-state index in [2.05, 4.69) is 6.58 Å². The van der Waals surface area contributed by atoms with Gasteiger partial charge in [0.2, 0.25) is 11.8 Å². The Morgan fingerprint density at radius 2 is 1.92 bits per heavy atom. The monoisotopic (exact) mass is 329 g/mol. The van der Waals surface area contributed by atoms with Crippen LogP contribution in [-0.2, 0) is 9.59 Å². The third-order valence-electron chi connectivity index (χ3n) is 4.21. The van der Waals surface area contributed by atoms with Crippen LogP contribution in [0.2, 0.25) is 0 Å². The second-order valence-corrected chi connectivity index (χ2v) is 5.70. The lowest BCUT2D eigenvalue weighted by molar-refractivity contribution is -0.130. The number of hydrogen-bond donors (Lipinski definition) is 0. The normalized spacial score (nSPS) is 15.0. The van der Waals surface area contributed by atoms with Crippen molar-refractivity contribution in [1.29, 1.82) is 0 Å². The van der Waals surface area contributed by atoms with Gasteiger partial charge in [-0.3, -0.25) is 14.4 Å². The summed E-state index contributed by atoms with van der Waals surface area (Å²) in [7, 11) is 1.65. The van der Waals surface area contributed by atoms with Crippen LogP contribution in [0, 0.1) is 0 Å². The van der Waals surface area contributed by atoms with Gasteiger partial charge in [-0.2, -0.15) is 0 Å². The molecular weight excluding hydrogens is 306 g/mol. The van der Waals surface area contributed by atoms with Crippen molar-refractivity contribution in [3.63, 3.8) is 0 Å². The molecule has 1 aliphatic rings. The van der Waals surface area contributed by atoms with Gasteiger partial charge in [0.1, 0.15) is 6.54 Å². The zero-order chi connectivity index (χ0) is 17.7. The number of amides is 3. The predicted octanol–water partition coefficient (Wildman–Crippen LogP) is 1.53. The molecule has 0 spiro atoms. The number of rotatable bonds is 4. The van der Waals surface area contributed by atoms with Crippen molar-refractivity contribution in [3.8, 4) is 0 Å². The lowest BCUT2D eigenvalue weighted by Crippen LogP contribution is -2.39. The molecule has 0 radical (unpaired) electrons. The first-order valence-corrected chi connectivity index (χ1v) is 8.05. The van der Waals surface area contributed by atoms with Crippen LogP contribution in [0.25, 0.3) is 0 Å². The Morgan fingerprint density at radius 3 is 2.50 bits per heavy atom. The molecule has 128 valence electrons. The number of anilines is 1. The molecule has 0 aromatic heterocycles. The van der Waals surface area contributed by atoms with Gasteiger partial charge in [-0.1, -0.05) is 6.58 Å². The van der Waals surface area contributed by atoms with Crippen LogP contribution in [0.1, 0.15) is 23.7 Å². The van der Waals surface area contributed by atoms with E-state index >= 15 is 0 Å². The third-order valence-corrected chi connectivity index (χ3v) is 4.21. The molecule has 1 fully saturated rings. The standard InChI is InChI=1S/C18H23N3O3/c1-4-16(22)19(3)15-9-7-14(8-10-15)18(24)21-12-6-11-20(5-2)17(23)13-21/h4,7-10H,1,5-6,11-13H2,2-3H3. The Morgan fingerprint density at radius 1 is 1.25 bits per heavy atom. The first-order valence-electron chi connectivity index (χ1n) is 8.05. The molecule has 6 heteroatoms. The number of nitrogens with zero attached hydrogens (tertiary/aromatic N) is 3. The van der Waals surface area contributed by atoms with E-state index in [9.17, 15) is 14.4 Å². The molecule has 0 N–H and O–H groups in total. The minimum Gasteiger partial charge on any atom is -0.341 e. The average molecular weight is 329 g/mol. The van der Waals surface area contributed by atoms with Gasteiger partial charge in [0.15, 0.2) is 0 Å². The number of benzene rings is 1. The number of hydrogen-bond acceptors (Lipinski definition) is 3. The molecule has 0 bridgehead atoms. The van der Waals surface area contributed by atoms with Crippen LogP contribution < -0.4 is 4.90 Å². The lowest BCUT2D eigenvalue weighted by atomic mass is 10.1. The minimum atomic E-state index is -0.216. The van der Waals surface area contributed by atoms with E-state index in [1.165, 1.54) is 11.0 Å². The predicted molar refractivity (Wildman–Crippen MR) is 92.8 cm³/mol. The van der Waals surface area contributed by atoms with E-state index in [1.807, 2.05) is 6.92 Å². The molecule has 3 amide bonds. The highest BCUT2D eigenvalue weighted by Gasteiger charge is 2.24.